The van der Waals surface area contributed by atoms with E-state index in [4.69, 9.17) is 4.74 Å². The molecule has 3 N–H and O–H groups in total. The van der Waals surface area contributed by atoms with E-state index in [0.29, 0.717) is 17.1 Å². The summed E-state index contributed by atoms with van der Waals surface area (Å²) >= 11 is 1.30. The maximum atomic E-state index is 12.3. The van der Waals surface area contributed by atoms with Crippen LogP contribution in [0.5, 0.6) is 5.75 Å². The Hall–Kier alpha value is -2.52. The van der Waals surface area contributed by atoms with Gasteiger partial charge in [-0.1, -0.05) is 18.2 Å². The lowest BCUT2D eigenvalue weighted by molar-refractivity contribution is -0.151. The molecule has 2 aliphatic heterocycles. The molecule has 0 aromatic heterocycles. The normalized spacial score (nSPS) is 22.1. The highest BCUT2D eigenvalue weighted by molar-refractivity contribution is 8.00. The topological polar surface area (TPSA) is 116 Å². The quantitative estimate of drug-likeness (QED) is 0.599. The number of para-hydroxylation sites is 1. The summed E-state index contributed by atoms with van der Waals surface area (Å²) in [7, 11) is 0. The van der Waals surface area contributed by atoms with Gasteiger partial charge in [0.15, 0.2) is 6.61 Å². The van der Waals surface area contributed by atoms with Gasteiger partial charge in [-0.05, 0) is 17.7 Å². The number of ether oxygens (including phenoxy) is 1. The van der Waals surface area contributed by atoms with Gasteiger partial charge in [0.1, 0.15) is 22.9 Å². The number of aliphatic hydroxyl groups excluding tert-OH is 1. The molecule has 2 heterocycles. The van der Waals surface area contributed by atoms with Crippen molar-refractivity contribution in [1.29, 1.82) is 0 Å². The fourth-order valence-electron chi connectivity index (χ4n) is 2.69. The fourth-order valence-corrected chi connectivity index (χ4v) is 4.02. The molecule has 25 heavy (non-hydrogen) atoms. The van der Waals surface area contributed by atoms with Crippen LogP contribution in [-0.4, -0.2) is 63.3 Å². The molecule has 8 nitrogen and oxygen atoms in total. The van der Waals surface area contributed by atoms with Gasteiger partial charge in [0.25, 0.3) is 11.8 Å². The lowest BCUT2D eigenvalue weighted by atomic mass is 10.0. The Kier molecular flexibility index (Phi) is 4.95. The SMILES string of the molecule is O=C(COc1ccccc1)NC1C(=O)N2C(C(=O)O)=C(CO)CSC12. The number of carbonyl (C=O) groups is 3. The summed E-state index contributed by atoms with van der Waals surface area (Å²) in [5.41, 5.74) is 0.0987. The maximum absolute atomic E-state index is 12.3. The van der Waals surface area contributed by atoms with Crippen LogP contribution in [0.15, 0.2) is 41.6 Å². The van der Waals surface area contributed by atoms with Gasteiger partial charge in [0.05, 0.1) is 6.61 Å². The van der Waals surface area contributed by atoms with Crippen molar-refractivity contribution in [2.45, 2.75) is 11.4 Å². The first-order valence-corrected chi connectivity index (χ1v) is 8.56. The highest BCUT2D eigenvalue weighted by Gasteiger charge is 2.54. The number of fused-ring (bicyclic) bond motifs is 1. The van der Waals surface area contributed by atoms with Crippen molar-refractivity contribution in [3.63, 3.8) is 0 Å². The molecule has 1 fully saturated rings. The zero-order valence-electron chi connectivity index (χ0n) is 13.0. The predicted molar refractivity (Wildman–Crippen MR) is 88.7 cm³/mol. The van der Waals surface area contributed by atoms with E-state index in [0.717, 1.165) is 4.90 Å². The summed E-state index contributed by atoms with van der Waals surface area (Å²) in [6.07, 6.45) is 0. The van der Waals surface area contributed by atoms with Crippen LogP contribution in [0.3, 0.4) is 0 Å². The van der Waals surface area contributed by atoms with Crippen LogP contribution in [0.4, 0.5) is 0 Å². The summed E-state index contributed by atoms with van der Waals surface area (Å²) in [6, 6.07) is 7.99. The van der Waals surface area contributed by atoms with E-state index in [9.17, 15) is 24.6 Å². The maximum Gasteiger partial charge on any atom is 0.352 e. The first-order valence-electron chi connectivity index (χ1n) is 7.51. The lowest BCUT2D eigenvalue weighted by Crippen LogP contribution is -2.71. The second-order valence-corrected chi connectivity index (χ2v) is 6.58. The van der Waals surface area contributed by atoms with Crippen molar-refractivity contribution in [3.8, 4) is 5.75 Å². The number of thioether (sulfide) groups is 1. The number of hydrogen-bond acceptors (Lipinski definition) is 6. The number of carboxylic acid groups (broad SMARTS) is 1. The second-order valence-electron chi connectivity index (χ2n) is 5.47. The van der Waals surface area contributed by atoms with E-state index < -0.39 is 35.8 Å². The molecule has 2 unspecified atom stereocenters. The smallest absolute Gasteiger partial charge is 0.352 e. The van der Waals surface area contributed by atoms with Gasteiger partial charge in [-0.2, -0.15) is 0 Å². The molecule has 0 bridgehead atoms. The number of β-lactam (4-membered cyclic amide) rings is 1. The van der Waals surface area contributed by atoms with E-state index in [-0.39, 0.29) is 12.3 Å². The Balaban J connectivity index is 1.61. The number of aliphatic carboxylic acids is 1. The van der Waals surface area contributed by atoms with Gasteiger partial charge in [-0.25, -0.2) is 4.79 Å². The van der Waals surface area contributed by atoms with Crippen molar-refractivity contribution in [2.75, 3.05) is 19.0 Å². The van der Waals surface area contributed by atoms with Crippen LogP contribution in [-0.2, 0) is 14.4 Å². The third-order valence-corrected chi connectivity index (χ3v) is 5.21. The molecule has 2 aliphatic rings. The van der Waals surface area contributed by atoms with E-state index in [1.165, 1.54) is 11.8 Å². The second kappa shape index (κ2) is 7.16. The zero-order chi connectivity index (χ0) is 18.0. The molecule has 0 aliphatic carbocycles. The third-order valence-electron chi connectivity index (χ3n) is 3.87. The molecular formula is C16H16N2O6S. The summed E-state index contributed by atoms with van der Waals surface area (Å²) in [5, 5.41) is 20.6. The van der Waals surface area contributed by atoms with E-state index in [2.05, 4.69) is 5.32 Å². The van der Waals surface area contributed by atoms with Crippen molar-refractivity contribution in [2.24, 2.45) is 0 Å². The Morgan fingerprint density at radius 1 is 1.32 bits per heavy atom. The molecule has 1 aromatic rings. The van der Waals surface area contributed by atoms with Crippen LogP contribution < -0.4 is 10.1 Å². The highest BCUT2D eigenvalue weighted by Crippen LogP contribution is 2.40. The Morgan fingerprint density at radius 3 is 2.68 bits per heavy atom. The number of nitrogens with zero attached hydrogens (tertiary/aromatic N) is 1. The Morgan fingerprint density at radius 2 is 2.04 bits per heavy atom. The largest absolute Gasteiger partial charge is 0.484 e. The number of hydrogen-bond donors (Lipinski definition) is 3. The van der Waals surface area contributed by atoms with Gasteiger partial charge >= 0.3 is 5.97 Å². The van der Waals surface area contributed by atoms with Crippen LogP contribution >= 0.6 is 11.8 Å². The first-order chi connectivity index (χ1) is 12.0. The highest BCUT2D eigenvalue weighted by atomic mass is 32.2. The van der Waals surface area contributed by atoms with Gasteiger partial charge in [0, 0.05) is 5.75 Å². The molecule has 3 rings (SSSR count). The molecule has 2 amide bonds. The Bertz CT molecular complexity index is 735. The zero-order valence-corrected chi connectivity index (χ0v) is 13.9. The van der Waals surface area contributed by atoms with E-state index in [1.807, 2.05) is 6.07 Å². The minimum absolute atomic E-state index is 0.192. The minimum atomic E-state index is -1.26. The molecule has 2 atom stereocenters. The minimum Gasteiger partial charge on any atom is -0.484 e. The third kappa shape index (κ3) is 3.33. The average Bonchev–Trinajstić information content (AvgIpc) is 2.63. The number of rotatable bonds is 6. The molecule has 132 valence electrons. The van der Waals surface area contributed by atoms with Crippen molar-refractivity contribution >= 4 is 29.5 Å². The van der Waals surface area contributed by atoms with Crippen molar-refractivity contribution in [3.05, 3.63) is 41.6 Å². The standard InChI is InChI=1S/C16H16N2O6S/c19-6-9-8-25-15-12(14(21)18(15)13(9)16(22)23)17-11(20)7-24-10-4-2-1-3-5-10/h1-5,12,15,19H,6-8H2,(H,17,20)(H,22,23). The van der Waals surface area contributed by atoms with Crippen molar-refractivity contribution < 1.29 is 29.3 Å². The molecular weight excluding hydrogens is 348 g/mol. The van der Waals surface area contributed by atoms with Crippen LogP contribution in [0.2, 0.25) is 0 Å². The first kappa shape index (κ1) is 17.3. The number of carboxylic acids is 1. The molecule has 0 spiro atoms. The summed E-state index contributed by atoms with van der Waals surface area (Å²) in [4.78, 5) is 36.7. The predicted octanol–water partition coefficient (Wildman–Crippen LogP) is -0.204. The van der Waals surface area contributed by atoms with Gasteiger partial charge in [-0.3, -0.25) is 14.5 Å². The summed E-state index contributed by atoms with van der Waals surface area (Å²) in [5.74, 6) is -1.40. The monoisotopic (exact) mass is 364 g/mol. The molecule has 1 aromatic carbocycles. The molecule has 0 saturated carbocycles. The number of amides is 2. The fraction of sp³-hybridized carbons (Fsp3) is 0.312. The van der Waals surface area contributed by atoms with Crippen LogP contribution in [0.25, 0.3) is 0 Å². The molecule has 1 saturated heterocycles. The molecule has 9 heteroatoms. The number of nitrogens with one attached hydrogen (secondary N) is 1. The van der Waals surface area contributed by atoms with Crippen LogP contribution in [0, 0.1) is 0 Å². The molecule has 0 radical (unpaired) electrons. The van der Waals surface area contributed by atoms with Gasteiger partial charge in [-0.15, -0.1) is 11.8 Å². The summed E-state index contributed by atoms with van der Waals surface area (Å²) < 4.78 is 5.32. The average molecular weight is 364 g/mol. The van der Waals surface area contributed by atoms with E-state index >= 15 is 0 Å². The Labute approximate surface area is 147 Å². The summed E-state index contributed by atoms with van der Waals surface area (Å²) in [6.45, 7) is -0.665. The van der Waals surface area contributed by atoms with E-state index in [1.54, 1.807) is 24.3 Å². The number of benzene rings is 1. The lowest BCUT2D eigenvalue weighted by Gasteiger charge is -2.49. The van der Waals surface area contributed by atoms with Gasteiger partial charge in [0.2, 0.25) is 0 Å². The number of carbonyl (C=O) groups excluding carboxylic acids is 2. The van der Waals surface area contributed by atoms with Gasteiger partial charge < -0.3 is 20.3 Å². The number of aliphatic hydroxyl groups is 1. The van der Waals surface area contributed by atoms with Crippen LogP contribution in [0.1, 0.15) is 0 Å². The van der Waals surface area contributed by atoms with Crippen molar-refractivity contribution in [1.82, 2.24) is 10.2 Å².